The van der Waals surface area contributed by atoms with Crippen LogP contribution in [-0.4, -0.2) is 24.1 Å². The molecule has 0 saturated carbocycles. The monoisotopic (exact) mass is 292 g/mol. The van der Waals surface area contributed by atoms with Crippen molar-refractivity contribution in [2.45, 2.75) is 13.0 Å². The fraction of sp³-hybridized carbons (Fsp3) is 0.417. The summed E-state index contributed by atoms with van der Waals surface area (Å²) in [4.78, 5) is 11.4. The molecule has 1 aromatic carbocycles. The van der Waals surface area contributed by atoms with E-state index in [1.165, 1.54) is 0 Å². The zero-order valence-electron chi connectivity index (χ0n) is 10.1. The van der Waals surface area contributed by atoms with Crippen LogP contribution in [0.1, 0.15) is 18.6 Å². The Labute approximate surface area is 118 Å². The lowest BCUT2D eigenvalue weighted by atomic mass is 10.1. The molecule has 1 aromatic rings. The molecule has 0 fully saturated rings. The van der Waals surface area contributed by atoms with Crippen LogP contribution in [0.2, 0.25) is 5.02 Å². The molecule has 18 heavy (non-hydrogen) atoms. The summed E-state index contributed by atoms with van der Waals surface area (Å²) < 4.78 is 0. The van der Waals surface area contributed by atoms with Crippen molar-refractivity contribution in [1.82, 2.24) is 5.32 Å². The molecule has 0 radical (unpaired) electrons. The Morgan fingerprint density at radius 2 is 2.22 bits per heavy atom. The van der Waals surface area contributed by atoms with E-state index < -0.39 is 6.10 Å². The summed E-state index contributed by atoms with van der Waals surface area (Å²) in [6, 6.07) is 6.91. The summed E-state index contributed by atoms with van der Waals surface area (Å²) in [6.45, 7) is 2.18. The lowest BCUT2D eigenvalue weighted by Crippen LogP contribution is -2.35. The van der Waals surface area contributed by atoms with Gasteiger partial charge in [0.15, 0.2) is 0 Å². The number of hydrogen-bond acceptors (Lipinski definition) is 3. The number of carbonyl (C=O) groups is 1. The predicted octanol–water partition coefficient (Wildman–Crippen LogP) is 1.51. The largest absolute Gasteiger partial charge is 0.387 e. The first-order valence-electron chi connectivity index (χ1n) is 5.46. The Morgan fingerprint density at radius 1 is 1.56 bits per heavy atom. The Kier molecular flexibility index (Phi) is 7.95. The van der Waals surface area contributed by atoms with Gasteiger partial charge in [-0.05, 0) is 17.7 Å². The summed E-state index contributed by atoms with van der Waals surface area (Å²) >= 11 is 5.81. The van der Waals surface area contributed by atoms with E-state index in [9.17, 15) is 9.90 Å². The third-order valence-electron chi connectivity index (χ3n) is 2.50. The van der Waals surface area contributed by atoms with Crippen LogP contribution in [0.25, 0.3) is 0 Å². The van der Waals surface area contributed by atoms with Crippen molar-refractivity contribution in [3.05, 3.63) is 34.9 Å². The molecule has 0 aromatic heterocycles. The van der Waals surface area contributed by atoms with Gasteiger partial charge in [0.05, 0.1) is 6.10 Å². The molecule has 0 aliphatic heterocycles. The highest BCUT2D eigenvalue weighted by molar-refractivity contribution is 6.30. The van der Waals surface area contributed by atoms with Gasteiger partial charge < -0.3 is 16.2 Å². The molecule has 0 saturated heterocycles. The van der Waals surface area contributed by atoms with E-state index in [1.54, 1.807) is 31.2 Å². The topological polar surface area (TPSA) is 75.4 Å². The standard InChI is InChI=1S/C12H17ClN2O2.ClH/c1-8(6-14)12(17)15-7-11(16)9-3-2-4-10(13)5-9;/h2-5,8,11,16H,6-7,14H2,1H3,(H,15,17);1H. The van der Waals surface area contributed by atoms with Gasteiger partial charge in [-0.1, -0.05) is 30.7 Å². The summed E-state index contributed by atoms with van der Waals surface area (Å²) in [7, 11) is 0. The van der Waals surface area contributed by atoms with E-state index in [1.807, 2.05) is 0 Å². The number of aliphatic hydroxyl groups is 1. The van der Waals surface area contributed by atoms with Crippen LogP contribution in [0.4, 0.5) is 0 Å². The van der Waals surface area contributed by atoms with Gasteiger partial charge in [0.25, 0.3) is 0 Å². The highest BCUT2D eigenvalue weighted by Crippen LogP contribution is 2.17. The molecule has 0 aliphatic rings. The number of carbonyl (C=O) groups excluding carboxylic acids is 1. The van der Waals surface area contributed by atoms with Crippen molar-refractivity contribution >= 4 is 29.9 Å². The highest BCUT2D eigenvalue weighted by atomic mass is 35.5. The minimum atomic E-state index is -0.761. The first-order valence-corrected chi connectivity index (χ1v) is 5.83. The molecule has 6 heteroatoms. The summed E-state index contributed by atoms with van der Waals surface area (Å²) in [5.74, 6) is -0.407. The maximum Gasteiger partial charge on any atom is 0.224 e. The molecule has 0 bridgehead atoms. The van der Waals surface area contributed by atoms with Crippen LogP contribution in [0.5, 0.6) is 0 Å². The minimum absolute atomic E-state index is 0. The second-order valence-corrected chi connectivity index (χ2v) is 4.39. The van der Waals surface area contributed by atoms with Gasteiger partial charge >= 0.3 is 0 Å². The number of benzene rings is 1. The molecule has 1 rings (SSSR count). The molecule has 2 unspecified atom stereocenters. The van der Waals surface area contributed by atoms with Gasteiger partial charge in [-0.2, -0.15) is 0 Å². The van der Waals surface area contributed by atoms with Crippen LogP contribution in [0, 0.1) is 5.92 Å². The zero-order chi connectivity index (χ0) is 12.8. The second-order valence-electron chi connectivity index (χ2n) is 3.95. The highest BCUT2D eigenvalue weighted by Gasteiger charge is 2.13. The van der Waals surface area contributed by atoms with E-state index in [0.29, 0.717) is 17.1 Å². The third kappa shape index (κ3) is 5.23. The number of halogens is 2. The summed E-state index contributed by atoms with van der Waals surface area (Å²) in [5.41, 5.74) is 6.05. The van der Waals surface area contributed by atoms with Crippen molar-refractivity contribution in [3.63, 3.8) is 0 Å². The van der Waals surface area contributed by atoms with E-state index in [-0.39, 0.29) is 30.8 Å². The quantitative estimate of drug-likeness (QED) is 0.770. The van der Waals surface area contributed by atoms with Gasteiger partial charge in [-0.15, -0.1) is 12.4 Å². The van der Waals surface area contributed by atoms with E-state index in [4.69, 9.17) is 17.3 Å². The molecular formula is C12H18Cl2N2O2. The first-order chi connectivity index (χ1) is 8.04. The Hall–Kier alpha value is -0.810. The van der Waals surface area contributed by atoms with E-state index >= 15 is 0 Å². The van der Waals surface area contributed by atoms with Crippen LogP contribution in [0.3, 0.4) is 0 Å². The molecule has 0 heterocycles. The number of amides is 1. The van der Waals surface area contributed by atoms with Gasteiger partial charge in [-0.25, -0.2) is 0 Å². The van der Waals surface area contributed by atoms with Gasteiger partial charge in [-0.3, -0.25) is 4.79 Å². The maximum atomic E-state index is 11.4. The Bertz CT molecular complexity index is 388. The number of rotatable bonds is 5. The van der Waals surface area contributed by atoms with E-state index in [0.717, 1.165) is 0 Å². The fourth-order valence-corrected chi connectivity index (χ4v) is 1.51. The molecule has 102 valence electrons. The molecule has 2 atom stereocenters. The van der Waals surface area contributed by atoms with Crippen molar-refractivity contribution in [2.75, 3.05) is 13.1 Å². The number of nitrogens with two attached hydrogens (primary N) is 1. The average molecular weight is 293 g/mol. The SMILES string of the molecule is CC(CN)C(=O)NCC(O)c1cccc(Cl)c1.Cl. The van der Waals surface area contributed by atoms with Crippen molar-refractivity contribution in [3.8, 4) is 0 Å². The fourth-order valence-electron chi connectivity index (χ4n) is 1.31. The Balaban J connectivity index is 0.00000289. The minimum Gasteiger partial charge on any atom is -0.387 e. The Morgan fingerprint density at radius 3 is 2.78 bits per heavy atom. The number of nitrogens with one attached hydrogen (secondary N) is 1. The molecule has 4 N–H and O–H groups in total. The number of aliphatic hydroxyl groups excluding tert-OH is 1. The molecule has 0 aliphatic carbocycles. The van der Waals surface area contributed by atoms with E-state index in [2.05, 4.69) is 5.32 Å². The maximum absolute atomic E-state index is 11.4. The lowest BCUT2D eigenvalue weighted by Gasteiger charge is -2.14. The second kappa shape index (κ2) is 8.32. The van der Waals surface area contributed by atoms with Gasteiger partial charge in [0, 0.05) is 24.0 Å². The number of hydrogen-bond donors (Lipinski definition) is 3. The average Bonchev–Trinajstić information content (AvgIpc) is 2.34. The smallest absolute Gasteiger partial charge is 0.224 e. The molecule has 1 amide bonds. The third-order valence-corrected chi connectivity index (χ3v) is 2.74. The molecule has 0 spiro atoms. The molecular weight excluding hydrogens is 275 g/mol. The summed E-state index contributed by atoms with van der Waals surface area (Å²) in [6.07, 6.45) is -0.761. The van der Waals surface area contributed by atoms with Crippen LogP contribution in [-0.2, 0) is 4.79 Å². The lowest BCUT2D eigenvalue weighted by molar-refractivity contribution is -0.124. The van der Waals surface area contributed by atoms with Crippen LogP contribution < -0.4 is 11.1 Å². The normalized spacial score (nSPS) is 13.3. The van der Waals surface area contributed by atoms with Crippen LogP contribution >= 0.6 is 24.0 Å². The van der Waals surface area contributed by atoms with Crippen molar-refractivity contribution < 1.29 is 9.90 Å². The van der Waals surface area contributed by atoms with Crippen LogP contribution in [0.15, 0.2) is 24.3 Å². The van der Waals surface area contributed by atoms with Crippen molar-refractivity contribution in [2.24, 2.45) is 11.7 Å². The predicted molar refractivity (Wildman–Crippen MR) is 74.9 cm³/mol. The zero-order valence-corrected chi connectivity index (χ0v) is 11.7. The summed E-state index contributed by atoms with van der Waals surface area (Å²) in [5, 5.41) is 13.0. The van der Waals surface area contributed by atoms with Crippen molar-refractivity contribution in [1.29, 1.82) is 0 Å². The first kappa shape index (κ1) is 17.2. The molecule has 4 nitrogen and oxygen atoms in total. The van der Waals surface area contributed by atoms with Gasteiger partial charge in [0.1, 0.15) is 0 Å². The van der Waals surface area contributed by atoms with Gasteiger partial charge in [0.2, 0.25) is 5.91 Å².